The van der Waals surface area contributed by atoms with Crippen LogP contribution in [-0.2, 0) is 6.54 Å². The fourth-order valence-corrected chi connectivity index (χ4v) is 2.28. The molecular weight excluding hydrogens is 248 g/mol. The van der Waals surface area contributed by atoms with Crippen LogP contribution in [0.3, 0.4) is 0 Å². The molecule has 5 nitrogen and oxygen atoms in total. The molecule has 1 unspecified atom stereocenters. The van der Waals surface area contributed by atoms with Gasteiger partial charge in [-0.05, 0) is 19.1 Å². The third kappa shape index (κ3) is 2.52. The molecule has 0 aliphatic rings. The molecule has 0 amide bonds. The molecule has 0 saturated heterocycles. The van der Waals surface area contributed by atoms with Gasteiger partial charge in [0.15, 0.2) is 0 Å². The Kier molecular flexibility index (Phi) is 3.42. The zero-order chi connectivity index (χ0) is 11.5. The zero-order valence-electron chi connectivity index (χ0n) is 8.61. The second-order valence-electron chi connectivity index (χ2n) is 3.21. The highest BCUT2D eigenvalue weighted by Gasteiger charge is 2.11. The van der Waals surface area contributed by atoms with E-state index >= 15 is 0 Å². The molecule has 3 N–H and O–H groups in total. The van der Waals surface area contributed by atoms with E-state index in [4.69, 9.17) is 21.8 Å². The average molecular weight is 259 g/mol. The van der Waals surface area contributed by atoms with Gasteiger partial charge in [-0.2, -0.15) is 0 Å². The Morgan fingerprint density at radius 3 is 2.94 bits per heavy atom. The van der Waals surface area contributed by atoms with E-state index in [-0.39, 0.29) is 12.6 Å². The average Bonchev–Trinajstić information content (AvgIpc) is 2.87. The van der Waals surface area contributed by atoms with Gasteiger partial charge < -0.3 is 15.5 Å². The largest absolute Gasteiger partial charge is 0.407 e. The Balaban J connectivity index is 2.04. The molecular formula is C9H11ClN4OS. The molecule has 2 aromatic heterocycles. The monoisotopic (exact) mass is 258 g/mol. The SMILES string of the molecule is CC(Nc1nnc(CN)o1)c1ccc(Cl)s1. The van der Waals surface area contributed by atoms with Crippen molar-refractivity contribution < 1.29 is 4.42 Å². The quantitative estimate of drug-likeness (QED) is 0.881. The predicted molar refractivity (Wildman–Crippen MR) is 63.6 cm³/mol. The topological polar surface area (TPSA) is 77.0 Å². The molecule has 2 heterocycles. The molecule has 2 rings (SSSR count). The Hall–Kier alpha value is -1.11. The molecule has 7 heteroatoms. The first kappa shape index (κ1) is 11.4. The summed E-state index contributed by atoms with van der Waals surface area (Å²) in [5.41, 5.74) is 5.37. The van der Waals surface area contributed by atoms with Crippen molar-refractivity contribution in [2.24, 2.45) is 5.73 Å². The van der Waals surface area contributed by atoms with Crippen molar-refractivity contribution in [2.45, 2.75) is 19.5 Å². The van der Waals surface area contributed by atoms with E-state index in [1.54, 1.807) is 0 Å². The van der Waals surface area contributed by atoms with Crippen LogP contribution in [0.25, 0.3) is 0 Å². The first-order valence-corrected chi connectivity index (χ1v) is 5.92. The van der Waals surface area contributed by atoms with Crippen LogP contribution in [0, 0.1) is 0 Å². The van der Waals surface area contributed by atoms with Crippen molar-refractivity contribution in [3.63, 3.8) is 0 Å². The Bertz CT molecular complexity index is 470. The van der Waals surface area contributed by atoms with Gasteiger partial charge in [-0.15, -0.1) is 16.4 Å². The van der Waals surface area contributed by atoms with Crippen molar-refractivity contribution >= 4 is 29.0 Å². The molecule has 0 aliphatic carbocycles. The maximum Gasteiger partial charge on any atom is 0.316 e. The lowest BCUT2D eigenvalue weighted by molar-refractivity contribution is 0.503. The smallest absolute Gasteiger partial charge is 0.316 e. The van der Waals surface area contributed by atoms with Gasteiger partial charge in [-0.3, -0.25) is 0 Å². The van der Waals surface area contributed by atoms with E-state index in [0.29, 0.717) is 11.9 Å². The second-order valence-corrected chi connectivity index (χ2v) is 4.96. The number of rotatable bonds is 4. The van der Waals surface area contributed by atoms with Gasteiger partial charge in [0, 0.05) is 4.88 Å². The van der Waals surface area contributed by atoms with Gasteiger partial charge in [-0.1, -0.05) is 16.7 Å². The number of halogens is 1. The predicted octanol–water partition coefficient (Wildman–Crippen LogP) is 2.42. The van der Waals surface area contributed by atoms with Gasteiger partial charge in [0.05, 0.1) is 16.9 Å². The van der Waals surface area contributed by atoms with Crippen LogP contribution in [0.2, 0.25) is 4.34 Å². The summed E-state index contributed by atoms with van der Waals surface area (Å²) in [5, 5.41) is 10.7. The molecule has 2 aromatic rings. The van der Waals surface area contributed by atoms with Gasteiger partial charge in [0.1, 0.15) is 0 Å². The summed E-state index contributed by atoms with van der Waals surface area (Å²) in [6, 6.07) is 4.27. The van der Waals surface area contributed by atoms with Gasteiger partial charge >= 0.3 is 6.01 Å². The summed E-state index contributed by atoms with van der Waals surface area (Å²) in [6.45, 7) is 2.24. The molecule has 0 spiro atoms. The van der Waals surface area contributed by atoms with Crippen LogP contribution in [0.4, 0.5) is 6.01 Å². The lowest BCUT2D eigenvalue weighted by atomic mass is 10.3. The van der Waals surface area contributed by atoms with Crippen molar-refractivity contribution in [1.29, 1.82) is 0 Å². The lowest BCUT2D eigenvalue weighted by Crippen LogP contribution is -2.04. The van der Waals surface area contributed by atoms with E-state index in [1.165, 1.54) is 11.3 Å². The summed E-state index contributed by atoms with van der Waals surface area (Å²) in [7, 11) is 0. The van der Waals surface area contributed by atoms with E-state index < -0.39 is 0 Å². The number of nitrogens with zero attached hydrogens (tertiary/aromatic N) is 2. The summed E-state index contributed by atoms with van der Waals surface area (Å²) in [6.07, 6.45) is 0. The minimum atomic E-state index is 0.0728. The van der Waals surface area contributed by atoms with E-state index in [9.17, 15) is 0 Å². The van der Waals surface area contributed by atoms with Gasteiger partial charge in [0.25, 0.3) is 0 Å². The molecule has 1 atom stereocenters. The number of nitrogens with two attached hydrogens (primary N) is 1. The van der Waals surface area contributed by atoms with Crippen molar-refractivity contribution in [3.8, 4) is 0 Å². The number of hydrogen-bond donors (Lipinski definition) is 2. The van der Waals surface area contributed by atoms with Crippen LogP contribution in [0.1, 0.15) is 23.7 Å². The van der Waals surface area contributed by atoms with E-state index in [1.807, 2.05) is 19.1 Å². The van der Waals surface area contributed by atoms with Crippen molar-refractivity contribution in [3.05, 3.63) is 27.2 Å². The molecule has 0 saturated carbocycles. The molecule has 0 aliphatic heterocycles. The van der Waals surface area contributed by atoms with Gasteiger partial charge in [-0.25, -0.2) is 0 Å². The standard InChI is InChI=1S/C9H11ClN4OS/c1-5(6-2-3-7(10)16-6)12-9-14-13-8(4-11)15-9/h2-3,5H,4,11H2,1H3,(H,12,14). The van der Waals surface area contributed by atoms with Crippen LogP contribution in [-0.4, -0.2) is 10.2 Å². The van der Waals surface area contributed by atoms with Crippen molar-refractivity contribution in [1.82, 2.24) is 10.2 Å². The first-order valence-electron chi connectivity index (χ1n) is 4.73. The molecule has 16 heavy (non-hydrogen) atoms. The van der Waals surface area contributed by atoms with Crippen LogP contribution >= 0.6 is 22.9 Å². The number of nitrogens with one attached hydrogen (secondary N) is 1. The minimum absolute atomic E-state index is 0.0728. The van der Waals surface area contributed by atoms with E-state index in [0.717, 1.165) is 9.21 Å². The minimum Gasteiger partial charge on any atom is -0.407 e. The molecule has 0 aromatic carbocycles. The highest BCUT2D eigenvalue weighted by atomic mass is 35.5. The zero-order valence-corrected chi connectivity index (χ0v) is 10.2. The summed E-state index contributed by atoms with van der Waals surface area (Å²) in [4.78, 5) is 1.11. The van der Waals surface area contributed by atoms with Crippen LogP contribution < -0.4 is 11.1 Å². The van der Waals surface area contributed by atoms with Gasteiger partial charge in [0.2, 0.25) is 5.89 Å². The molecule has 0 fully saturated rings. The third-order valence-electron chi connectivity index (χ3n) is 2.00. The van der Waals surface area contributed by atoms with Crippen LogP contribution in [0.5, 0.6) is 0 Å². The fourth-order valence-electron chi connectivity index (χ4n) is 1.21. The highest BCUT2D eigenvalue weighted by molar-refractivity contribution is 7.16. The number of anilines is 1. The molecule has 86 valence electrons. The fraction of sp³-hybridized carbons (Fsp3) is 0.333. The Labute approximate surface area is 102 Å². The second kappa shape index (κ2) is 4.82. The van der Waals surface area contributed by atoms with E-state index in [2.05, 4.69) is 15.5 Å². The summed E-state index contributed by atoms with van der Waals surface area (Å²) < 4.78 is 6.01. The summed E-state index contributed by atoms with van der Waals surface area (Å²) in [5.74, 6) is 0.416. The van der Waals surface area contributed by atoms with Crippen molar-refractivity contribution in [2.75, 3.05) is 5.32 Å². The highest BCUT2D eigenvalue weighted by Crippen LogP contribution is 2.28. The normalized spacial score (nSPS) is 12.7. The number of hydrogen-bond acceptors (Lipinski definition) is 6. The number of aromatic nitrogens is 2. The summed E-state index contributed by atoms with van der Waals surface area (Å²) >= 11 is 7.37. The Morgan fingerprint density at radius 2 is 2.38 bits per heavy atom. The first-order chi connectivity index (χ1) is 7.69. The maximum atomic E-state index is 5.86. The lowest BCUT2D eigenvalue weighted by Gasteiger charge is -2.08. The molecule has 0 radical (unpaired) electrons. The molecule has 0 bridgehead atoms. The van der Waals surface area contributed by atoms with Crippen LogP contribution in [0.15, 0.2) is 16.5 Å². The maximum absolute atomic E-state index is 5.86. The Morgan fingerprint density at radius 1 is 1.56 bits per heavy atom. The number of thiophene rings is 1. The third-order valence-corrected chi connectivity index (χ3v) is 3.42.